The Labute approximate surface area is 304 Å². The highest BCUT2D eigenvalue weighted by atomic mass is 35.5. The number of aromatic amines is 1. The maximum absolute atomic E-state index is 13.0. The van der Waals surface area contributed by atoms with Gasteiger partial charge in [-0.25, -0.2) is 10.8 Å². The summed E-state index contributed by atoms with van der Waals surface area (Å²) in [4.78, 5) is 38.9. The first-order valence-electron chi connectivity index (χ1n) is 16.2. The fourth-order valence-corrected chi connectivity index (χ4v) is 4.79. The van der Waals surface area contributed by atoms with Gasteiger partial charge in [-0.3, -0.25) is 19.4 Å². The number of carboxylic acid groups (broad SMARTS) is 1. The van der Waals surface area contributed by atoms with Gasteiger partial charge in [-0.2, -0.15) is 10.4 Å². The molecule has 15 nitrogen and oxygen atoms in total. The van der Waals surface area contributed by atoms with Crippen molar-refractivity contribution in [1.29, 1.82) is 5.26 Å². The lowest BCUT2D eigenvalue weighted by Gasteiger charge is -2.18. The van der Waals surface area contributed by atoms with E-state index in [0.29, 0.717) is 40.7 Å². The zero-order valence-electron chi connectivity index (χ0n) is 29.9. The second kappa shape index (κ2) is 22.9. The third-order valence-electron chi connectivity index (χ3n) is 6.81. The summed E-state index contributed by atoms with van der Waals surface area (Å²) in [5.74, 6) is 11.4. The van der Waals surface area contributed by atoms with Crippen LogP contribution in [0.15, 0.2) is 47.6 Å². The molecular weight excluding hydrogens is 676 g/mol. The second-order valence-electron chi connectivity index (χ2n) is 11.4. The van der Waals surface area contributed by atoms with Crippen LogP contribution in [0, 0.1) is 11.3 Å². The molecule has 276 valence electrons. The molecule has 2 aromatic carbocycles. The van der Waals surface area contributed by atoms with E-state index in [1.54, 1.807) is 24.3 Å². The van der Waals surface area contributed by atoms with Gasteiger partial charge < -0.3 is 36.6 Å². The molecule has 4 rings (SSSR count). The van der Waals surface area contributed by atoms with E-state index in [-0.39, 0.29) is 23.7 Å². The minimum absolute atomic E-state index is 0.250. The lowest BCUT2D eigenvalue weighted by atomic mass is 10.0. The monoisotopic (exact) mass is 724 g/mol. The van der Waals surface area contributed by atoms with E-state index in [1.165, 1.54) is 17.4 Å². The molecule has 1 amide bonds. The topological polar surface area (TPSA) is 237 Å². The minimum Gasteiger partial charge on any atom is -0.483 e. The summed E-state index contributed by atoms with van der Waals surface area (Å²) >= 11 is 6.16. The molecular formula is C35H49ClN10O5. The Morgan fingerprint density at radius 2 is 1.90 bits per heavy atom. The average Bonchev–Trinajstić information content (AvgIpc) is 3.53. The van der Waals surface area contributed by atoms with Crippen molar-refractivity contribution in [3.63, 3.8) is 0 Å². The van der Waals surface area contributed by atoms with E-state index in [9.17, 15) is 14.9 Å². The number of hydrazine groups is 1. The number of nitrogens with zero attached hydrogens (tertiary/aromatic N) is 4. The first-order chi connectivity index (χ1) is 24.4. The third kappa shape index (κ3) is 14.8. The number of ether oxygens (including phenoxy) is 1. The van der Waals surface area contributed by atoms with Crippen LogP contribution >= 0.6 is 11.6 Å². The standard InChI is InChI=1S/C27H31ClN10O.C5H10O2.C2H6.CH2O2/c1-32-19-8-9-20-22(14-19)33-12-4-2-3-5-21(27-36-23(15-29)26(20)37-27)35-25(39)11-6-17-13-18(28)7-10-24(17)38(31)16-34-30;1-5(2,3)7-4-6;1-2;2-1-3/h6-11,13-14,16,21,32-33H,2-5,12,30-31H2,1H3,(H,35,39)(H,36,37);4H,1-3H3;1-2H3;1H,(H,2,3)/b11-6+,34-16-;;;/t21-;;;/m0.../s1. The van der Waals surface area contributed by atoms with Crippen molar-refractivity contribution >= 4 is 59.9 Å². The molecule has 0 radical (unpaired) electrons. The molecule has 0 aliphatic carbocycles. The highest BCUT2D eigenvalue weighted by Gasteiger charge is 2.23. The maximum atomic E-state index is 13.0. The number of hydrogen-bond acceptors (Lipinski definition) is 11. The van der Waals surface area contributed by atoms with E-state index in [4.69, 9.17) is 33.2 Å². The van der Waals surface area contributed by atoms with Crippen molar-refractivity contribution in [3.05, 3.63) is 64.6 Å². The fourth-order valence-electron chi connectivity index (χ4n) is 4.60. The SMILES string of the molecule is CC.CC(C)(C)OC=O.CNc1ccc2c(c1)NCCCCC[C@H](NC(=O)/C=C/c1cc(Cl)ccc1N(N)/C=N\N)c1nc(C#N)c-2[nH]1.O=CO. The van der Waals surface area contributed by atoms with Crippen LogP contribution in [0.4, 0.5) is 17.1 Å². The number of fused-ring (bicyclic) bond motifs is 4. The van der Waals surface area contributed by atoms with Crippen LogP contribution in [0.2, 0.25) is 5.02 Å². The van der Waals surface area contributed by atoms with Crippen LogP contribution in [-0.4, -0.2) is 59.5 Å². The molecule has 9 N–H and O–H groups in total. The Morgan fingerprint density at radius 3 is 2.49 bits per heavy atom. The van der Waals surface area contributed by atoms with Crippen LogP contribution in [0.3, 0.4) is 0 Å². The van der Waals surface area contributed by atoms with Crippen LogP contribution in [0.5, 0.6) is 0 Å². The Bertz CT molecular complexity index is 1650. The average molecular weight is 725 g/mol. The first-order valence-corrected chi connectivity index (χ1v) is 16.6. The number of aromatic nitrogens is 2. The molecule has 0 unspecified atom stereocenters. The molecule has 0 saturated carbocycles. The quantitative estimate of drug-likeness (QED) is 0.0384. The molecule has 0 spiro atoms. The van der Waals surface area contributed by atoms with Gasteiger partial charge in [0.25, 0.3) is 12.9 Å². The van der Waals surface area contributed by atoms with Gasteiger partial charge in [0.1, 0.15) is 23.8 Å². The van der Waals surface area contributed by atoms with Gasteiger partial charge >= 0.3 is 0 Å². The molecule has 2 heterocycles. The number of nitrogens with two attached hydrogens (primary N) is 2. The van der Waals surface area contributed by atoms with Crippen molar-refractivity contribution in [2.45, 2.75) is 71.9 Å². The van der Waals surface area contributed by atoms with Crippen molar-refractivity contribution in [2.75, 3.05) is 29.2 Å². The summed E-state index contributed by atoms with van der Waals surface area (Å²) in [5, 5.41) is 31.6. The van der Waals surface area contributed by atoms with Gasteiger partial charge in [0.2, 0.25) is 5.91 Å². The summed E-state index contributed by atoms with van der Waals surface area (Å²) in [7, 11) is 1.86. The highest BCUT2D eigenvalue weighted by Crippen LogP contribution is 2.34. The molecule has 1 aliphatic heterocycles. The number of amides is 1. The number of nitrogens with one attached hydrogen (secondary N) is 4. The van der Waals surface area contributed by atoms with E-state index >= 15 is 0 Å². The van der Waals surface area contributed by atoms with Gasteiger partial charge in [-0.1, -0.05) is 38.3 Å². The molecule has 0 saturated heterocycles. The number of H-pyrrole nitrogens is 1. The number of hydrazone groups is 1. The Balaban J connectivity index is 0.000000943. The zero-order chi connectivity index (χ0) is 38.4. The zero-order valence-corrected chi connectivity index (χ0v) is 30.6. The van der Waals surface area contributed by atoms with Gasteiger partial charge in [0.05, 0.1) is 17.4 Å². The summed E-state index contributed by atoms with van der Waals surface area (Å²) < 4.78 is 4.55. The molecule has 2 bridgehead atoms. The summed E-state index contributed by atoms with van der Waals surface area (Å²) in [5.41, 5.74) is 4.44. The van der Waals surface area contributed by atoms with Crippen LogP contribution in [0.1, 0.15) is 83.4 Å². The number of imidazole rings is 1. The summed E-state index contributed by atoms with van der Waals surface area (Å²) in [6.45, 7) is 10.5. The molecule has 16 heteroatoms. The number of anilines is 3. The number of rotatable bonds is 7. The summed E-state index contributed by atoms with van der Waals surface area (Å²) in [6.07, 6.45) is 7.74. The third-order valence-corrected chi connectivity index (χ3v) is 7.05. The number of benzene rings is 2. The van der Waals surface area contributed by atoms with Crippen LogP contribution in [-0.2, 0) is 19.1 Å². The Morgan fingerprint density at radius 1 is 1.20 bits per heavy atom. The van der Waals surface area contributed by atoms with E-state index in [0.717, 1.165) is 42.7 Å². The van der Waals surface area contributed by atoms with Crippen LogP contribution in [0.25, 0.3) is 17.3 Å². The van der Waals surface area contributed by atoms with Crippen LogP contribution < -0.4 is 32.6 Å². The molecule has 1 atom stereocenters. The molecule has 0 fully saturated rings. The van der Waals surface area contributed by atoms with Gasteiger partial charge in [-0.15, -0.1) is 0 Å². The predicted octanol–water partition coefficient (Wildman–Crippen LogP) is 5.77. The number of hydrogen-bond donors (Lipinski definition) is 7. The molecule has 1 aliphatic rings. The normalized spacial score (nSPS) is 13.7. The Hall–Kier alpha value is -5.59. The van der Waals surface area contributed by atoms with Crippen molar-refractivity contribution in [2.24, 2.45) is 16.8 Å². The lowest BCUT2D eigenvalue weighted by molar-refractivity contribution is -0.138. The van der Waals surface area contributed by atoms with Crippen molar-refractivity contribution < 1.29 is 24.2 Å². The fraction of sp³-hybridized carbons (Fsp3) is 0.371. The number of carbonyl (C=O) groups excluding carboxylic acids is 2. The molecule has 1 aromatic heterocycles. The molecule has 3 aromatic rings. The second-order valence-corrected chi connectivity index (χ2v) is 11.9. The molecule has 51 heavy (non-hydrogen) atoms. The minimum atomic E-state index is -0.412. The van der Waals surface area contributed by atoms with E-state index in [1.807, 2.05) is 59.9 Å². The van der Waals surface area contributed by atoms with Gasteiger partial charge in [-0.05, 0) is 76.1 Å². The number of nitriles is 1. The first kappa shape index (κ1) is 43.4. The Kier molecular flexibility index (Phi) is 19.5. The van der Waals surface area contributed by atoms with E-state index in [2.05, 4.69) is 41.8 Å². The van der Waals surface area contributed by atoms with Gasteiger partial charge in [0, 0.05) is 47.2 Å². The van der Waals surface area contributed by atoms with E-state index < -0.39 is 6.04 Å². The maximum Gasteiger partial charge on any atom is 0.293 e. The lowest BCUT2D eigenvalue weighted by Crippen LogP contribution is -2.30. The largest absolute Gasteiger partial charge is 0.483 e. The smallest absolute Gasteiger partial charge is 0.293 e. The van der Waals surface area contributed by atoms with Crippen molar-refractivity contribution in [1.82, 2.24) is 15.3 Å². The highest BCUT2D eigenvalue weighted by molar-refractivity contribution is 6.30. The number of carbonyl (C=O) groups is 3. The number of halogens is 1. The van der Waals surface area contributed by atoms with Gasteiger partial charge in [0.15, 0.2) is 5.69 Å². The summed E-state index contributed by atoms with van der Waals surface area (Å²) in [6, 6.07) is 12.8. The van der Waals surface area contributed by atoms with Crippen molar-refractivity contribution in [3.8, 4) is 17.3 Å². The predicted molar refractivity (Wildman–Crippen MR) is 203 cm³/mol.